The van der Waals surface area contributed by atoms with E-state index in [-0.39, 0.29) is 0 Å². The molecule has 112 valence electrons. The second-order valence-corrected chi connectivity index (χ2v) is 5.00. The maximum Gasteiger partial charge on any atom is 0.329 e. The van der Waals surface area contributed by atoms with E-state index in [1.165, 1.54) is 6.92 Å². The highest BCUT2D eigenvalue weighted by atomic mass is 16.4. The molecular formula is C15H19N3O3. The Morgan fingerprint density at radius 2 is 1.95 bits per heavy atom. The zero-order valence-electron chi connectivity index (χ0n) is 12.1. The van der Waals surface area contributed by atoms with Crippen LogP contribution in [0.15, 0.2) is 24.3 Å². The van der Waals surface area contributed by atoms with Crippen LogP contribution in [0.25, 0.3) is 0 Å². The summed E-state index contributed by atoms with van der Waals surface area (Å²) < 4.78 is 0. The molecule has 0 aliphatic carbocycles. The zero-order chi connectivity index (χ0) is 15.9. The Bertz CT molecular complexity index is 548. The number of anilines is 1. The monoisotopic (exact) mass is 289 g/mol. The van der Waals surface area contributed by atoms with Gasteiger partial charge in [0.15, 0.2) is 0 Å². The van der Waals surface area contributed by atoms with Crippen molar-refractivity contribution in [2.45, 2.75) is 38.6 Å². The molecule has 0 saturated carbocycles. The van der Waals surface area contributed by atoms with Crippen LogP contribution < -0.4 is 10.6 Å². The molecule has 0 aliphatic heterocycles. The van der Waals surface area contributed by atoms with E-state index in [0.29, 0.717) is 24.9 Å². The van der Waals surface area contributed by atoms with Crippen LogP contribution >= 0.6 is 0 Å². The number of nitrogens with zero attached hydrogens (tertiary/aromatic N) is 1. The highest BCUT2D eigenvalue weighted by Crippen LogP contribution is 2.14. The van der Waals surface area contributed by atoms with Gasteiger partial charge in [-0.1, -0.05) is 25.5 Å². The summed E-state index contributed by atoms with van der Waals surface area (Å²) in [6, 6.07) is 8.29. The molecule has 0 aliphatic rings. The van der Waals surface area contributed by atoms with E-state index in [1.807, 2.05) is 13.0 Å². The van der Waals surface area contributed by atoms with Crippen molar-refractivity contribution in [2.24, 2.45) is 0 Å². The number of carbonyl (C=O) groups excluding carboxylic acids is 1. The summed E-state index contributed by atoms with van der Waals surface area (Å²) in [7, 11) is 0. The molecule has 0 saturated heterocycles. The number of amides is 2. The standard InChI is InChI=1S/C15H19N3O3/c1-3-9-15(2,13(19)20)18-14(21)17-12-6-4-11(5-7-12)8-10-16/h4-7H,3,8-9H2,1-2H3,(H,19,20)(H2,17,18,21). The Morgan fingerprint density at radius 3 is 2.43 bits per heavy atom. The second kappa shape index (κ2) is 7.29. The Labute approximate surface area is 123 Å². The largest absolute Gasteiger partial charge is 0.480 e. The molecule has 0 heterocycles. The van der Waals surface area contributed by atoms with E-state index in [4.69, 9.17) is 5.26 Å². The van der Waals surface area contributed by atoms with Crippen LogP contribution in [0.1, 0.15) is 32.3 Å². The lowest BCUT2D eigenvalue weighted by Gasteiger charge is -2.25. The summed E-state index contributed by atoms with van der Waals surface area (Å²) in [5, 5.41) is 22.8. The van der Waals surface area contributed by atoms with Gasteiger partial charge >= 0.3 is 12.0 Å². The number of carbonyl (C=O) groups is 2. The van der Waals surface area contributed by atoms with Crippen LogP contribution in [0.2, 0.25) is 0 Å². The van der Waals surface area contributed by atoms with E-state index in [1.54, 1.807) is 24.3 Å². The van der Waals surface area contributed by atoms with Crippen LogP contribution in [0.4, 0.5) is 10.5 Å². The van der Waals surface area contributed by atoms with E-state index < -0.39 is 17.5 Å². The molecule has 1 aromatic rings. The number of rotatable bonds is 6. The van der Waals surface area contributed by atoms with Crippen molar-refractivity contribution in [3.63, 3.8) is 0 Å². The lowest BCUT2D eigenvalue weighted by molar-refractivity contribution is -0.143. The van der Waals surface area contributed by atoms with Crippen LogP contribution in [0, 0.1) is 11.3 Å². The second-order valence-electron chi connectivity index (χ2n) is 5.00. The molecular weight excluding hydrogens is 270 g/mol. The molecule has 2 amide bonds. The number of aliphatic carboxylic acids is 1. The molecule has 6 heteroatoms. The lowest BCUT2D eigenvalue weighted by Crippen LogP contribution is -2.53. The third-order valence-electron chi connectivity index (χ3n) is 3.11. The van der Waals surface area contributed by atoms with Gasteiger partial charge in [0.2, 0.25) is 0 Å². The molecule has 1 rings (SSSR count). The minimum Gasteiger partial charge on any atom is -0.480 e. The Hall–Kier alpha value is -2.55. The Balaban J connectivity index is 2.68. The highest BCUT2D eigenvalue weighted by Gasteiger charge is 2.33. The maximum atomic E-state index is 11.9. The predicted molar refractivity (Wildman–Crippen MR) is 78.9 cm³/mol. The number of hydrogen-bond acceptors (Lipinski definition) is 3. The van der Waals surface area contributed by atoms with Crippen molar-refractivity contribution in [1.29, 1.82) is 5.26 Å². The first-order valence-corrected chi connectivity index (χ1v) is 6.69. The number of benzene rings is 1. The van der Waals surface area contributed by atoms with Crippen LogP contribution in [0.3, 0.4) is 0 Å². The smallest absolute Gasteiger partial charge is 0.329 e. The minimum atomic E-state index is -1.29. The lowest BCUT2D eigenvalue weighted by atomic mass is 9.97. The van der Waals surface area contributed by atoms with E-state index in [9.17, 15) is 14.7 Å². The van der Waals surface area contributed by atoms with E-state index >= 15 is 0 Å². The first kappa shape index (κ1) is 16.5. The van der Waals surface area contributed by atoms with Gasteiger partial charge in [-0.25, -0.2) is 9.59 Å². The summed E-state index contributed by atoms with van der Waals surface area (Å²) >= 11 is 0. The van der Waals surface area contributed by atoms with Gasteiger partial charge in [0.25, 0.3) is 0 Å². The summed E-state index contributed by atoms with van der Waals surface area (Å²) in [5.41, 5.74) is 0.0998. The quantitative estimate of drug-likeness (QED) is 0.748. The fourth-order valence-corrected chi connectivity index (χ4v) is 1.93. The molecule has 0 aromatic heterocycles. The summed E-state index contributed by atoms with van der Waals surface area (Å²) in [4.78, 5) is 23.1. The Morgan fingerprint density at radius 1 is 1.33 bits per heavy atom. The van der Waals surface area contributed by atoms with Gasteiger partial charge in [0.05, 0.1) is 12.5 Å². The first-order chi connectivity index (χ1) is 9.91. The minimum absolute atomic E-state index is 0.306. The topological polar surface area (TPSA) is 102 Å². The fourth-order valence-electron chi connectivity index (χ4n) is 1.93. The van der Waals surface area contributed by atoms with Crippen molar-refractivity contribution in [2.75, 3.05) is 5.32 Å². The van der Waals surface area contributed by atoms with Crippen LogP contribution in [0.5, 0.6) is 0 Å². The average molecular weight is 289 g/mol. The third kappa shape index (κ3) is 4.80. The van der Waals surface area contributed by atoms with Gasteiger partial charge < -0.3 is 15.7 Å². The number of carboxylic acid groups (broad SMARTS) is 1. The average Bonchev–Trinajstić information content (AvgIpc) is 2.41. The van der Waals surface area contributed by atoms with E-state index in [0.717, 1.165) is 5.56 Å². The summed E-state index contributed by atoms with van der Waals surface area (Å²) in [6.45, 7) is 3.34. The molecule has 1 atom stereocenters. The van der Waals surface area contributed by atoms with Gasteiger partial charge in [0.1, 0.15) is 5.54 Å². The molecule has 0 spiro atoms. The van der Waals surface area contributed by atoms with Crippen LogP contribution in [-0.4, -0.2) is 22.6 Å². The predicted octanol–water partition coefficient (Wildman–Crippen LogP) is 2.52. The van der Waals surface area contributed by atoms with Crippen molar-refractivity contribution in [1.82, 2.24) is 5.32 Å². The van der Waals surface area contributed by atoms with Crippen molar-refractivity contribution >= 4 is 17.7 Å². The third-order valence-corrected chi connectivity index (χ3v) is 3.11. The normalized spacial score (nSPS) is 12.8. The molecule has 1 aromatic carbocycles. The molecule has 0 radical (unpaired) electrons. The number of hydrogen-bond donors (Lipinski definition) is 3. The van der Waals surface area contributed by atoms with Gasteiger partial charge in [-0.3, -0.25) is 0 Å². The first-order valence-electron chi connectivity index (χ1n) is 6.69. The molecule has 6 nitrogen and oxygen atoms in total. The van der Waals surface area contributed by atoms with Gasteiger partial charge in [-0.15, -0.1) is 0 Å². The number of nitriles is 1. The number of urea groups is 1. The maximum absolute atomic E-state index is 11.9. The molecule has 3 N–H and O–H groups in total. The summed E-state index contributed by atoms with van der Waals surface area (Å²) in [5.74, 6) is -1.07. The van der Waals surface area contributed by atoms with Gasteiger partial charge in [0, 0.05) is 5.69 Å². The van der Waals surface area contributed by atoms with Gasteiger partial charge in [-0.05, 0) is 31.0 Å². The summed E-state index contributed by atoms with van der Waals surface area (Å²) in [6.07, 6.45) is 1.29. The number of carboxylic acids is 1. The fraction of sp³-hybridized carbons (Fsp3) is 0.400. The van der Waals surface area contributed by atoms with Crippen LogP contribution in [-0.2, 0) is 11.2 Å². The Kier molecular flexibility index (Phi) is 5.73. The van der Waals surface area contributed by atoms with Crippen molar-refractivity contribution in [3.8, 4) is 6.07 Å². The number of nitrogens with one attached hydrogen (secondary N) is 2. The van der Waals surface area contributed by atoms with Gasteiger partial charge in [-0.2, -0.15) is 5.26 Å². The van der Waals surface area contributed by atoms with E-state index in [2.05, 4.69) is 10.6 Å². The molecule has 21 heavy (non-hydrogen) atoms. The van der Waals surface area contributed by atoms with Crippen molar-refractivity contribution < 1.29 is 14.7 Å². The van der Waals surface area contributed by atoms with Crippen molar-refractivity contribution in [3.05, 3.63) is 29.8 Å². The zero-order valence-corrected chi connectivity index (χ0v) is 12.1. The molecule has 1 unspecified atom stereocenters. The SMILES string of the molecule is CCCC(C)(NC(=O)Nc1ccc(CC#N)cc1)C(=O)O. The molecule has 0 bridgehead atoms. The highest BCUT2D eigenvalue weighted by molar-refractivity contribution is 5.93. The molecule has 0 fully saturated rings.